The van der Waals surface area contributed by atoms with Crippen LogP contribution in [0.15, 0.2) is 49.1 Å². The van der Waals surface area contributed by atoms with Gasteiger partial charge in [-0.3, -0.25) is 0 Å². The summed E-state index contributed by atoms with van der Waals surface area (Å²) in [6, 6.07) is 8.08. The number of imidazole rings is 3. The third-order valence-electron chi connectivity index (χ3n) is 3.76. The molecule has 0 unspecified atom stereocenters. The molecule has 0 bridgehead atoms. The van der Waals surface area contributed by atoms with E-state index in [9.17, 15) is 0 Å². The lowest BCUT2D eigenvalue weighted by Crippen LogP contribution is -2.06. The highest BCUT2D eigenvalue weighted by Gasteiger charge is 2.11. The van der Waals surface area contributed by atoms with Crippen molar-refractivity contribution in [3.63, 3.8) is 0 Å². The van der Waals surface area contributed by atoms with Crippen LogP contribution >= 0.6 is 0 Å². The zero-order chi connectivity index (χ0) is 14.9. The van der Waals surface area contributed by atoms with E-state index in [4.69, 9.17) is 0 Å². The molecule has 6 heteroatoms. The van der Waals surface area contributed by atoms with Gasteiger partial charge in [0.1, 0.15) is 5.82 Å². The van der Waals surface area contributed by atoms with Crippen molar-refractivity contribution in [3.8, 4) is 11.6 Å². The summed E-state index contributed by atoms with van der Waals surface area (Å²) in [4.78, 5) is 16.8. The summed E-state index contributed by atoms with van der Waals surface area (Å²) in [5, 5.41) is 0. The van der Waals surface area contributed by atoms with Crippen LogP contribution in [0, 0.1) is 0 Å². The molecule has 3 heterocycles. The Bertz CT molecular complexity index is 880. The standard InChI is InChI=1S/C16H16N6/c1-21-10-7-17-15(21)16-18-8-11-22(16)9-6-14-19-12-4-2-3-5-13(12)20-14/h2-5,7-8,10-11H,6,9H2,1H3,(H,19,20). The van der Waals surface area contributed by atoms with Crippen molar-refractivity contribution in [2.24, 2.45) is 7.05 Å². The van der Waals surface area contributed by atoms with Gasteiger partial charge in [0.05, 0.1) is 11.0 Å². The van der Waals surface area contributed by atoms with Crippen molar-refractivity contribution >= 4 is 11.0 Å². The lowest BCUT2D eigenvalue weighted by molar-refractivity contribution is 0.678. The van der Waals surface area contributed by atoms with E-state index < -0.39 is 0 Å². The highest BCUT2D eigenvalue weighted by atomic mass is 15.1. The first-order valence-corrected chi connectivity index (χ1v) is 7.24. The number of rotatable bonds is 4. The number of benzene rings is 1. The summed E-state index contributed by atoms with van der Waals surface area (Å²) in [6.45, 7) is 0.808. The van der Waals surface area contributed by atoms with Crippen LogP contribution in [0.25, 0.3) is 22.7 Å². The van der Waals surface area contributed by atoms with Gasteiger partial charge >= 0.3 is 0 Å². The first-order valence-electron chi connectivity index (χ1n) is 7.24. The Morgan fingerprint density at radius 2 is 1.86 bits per heavy atom. The van der Waals surface area contributed by atoms with Crippen LogP contribution in [-0.4, -0.2) is 29.1 Å². The number of aryl methyl sites for hydroxylation is 3. The van der Waals surface area contributed by atoms with Gasteiger partial charge in [0.25, 0.3) is 0 Å². The van der Waals surface area contributed by atoms with E-state index in [1.165, 1.54) is 0 Å². The van der Waals surface area contributed by atoms with Crippen molar-refractivity contribution in [3.05, 3.63) is 54.9 Å². The van der Waals surface area contributed by atoms with Crippen molar-refractivity contribution in [1.29, 1.82) is 0 Å². The molecule has 0 radical (unpaired) electrons. The zero-order valence-corrected chi connectivity index (χ0v) is 12.3. The molecule has 0 atom stereocenters. The third-order valence-corrected chi connectivity index (χ3v) is 3.76. The number of aromatic amines is 1. The van der Waals surface area contributed by atoms with Crippen LogP contribution in [0.4, 0.5) is 0 Å². The Kier molecular flexibility index (Phi) is 3.00. The molecular weight excluding hydrogens is 276 g/mol. The van der Waals surface area contributed by atoms with Crippen LogP contribution in [0.2, 0.25) is 0 Å². The number of nitrogens with zero attached hydrogens (tertiary/aromatic N) is 5. The first kappa shape index (κ1) is 12.8. The molecular formula is C16H16N6. The fourth-order valence-electron chi connectivity index (χ4n) is 2.63. The summed E-state index contributed by atoms with van der Waals surface area (Å²) >= 11 is 0. The summed E-state index contributed by atoms with van der Waals surface area (Å²) in [6.07, 6.45) is 8.32. The van der Waals surface area contributed by atoms with E-state index in [1.807, 2.05) is 54.5 Å². The Labute approximate surface area is 127 Å². The average Bonchev–Trinajstić information content (AvgIpc) is 3.23. The molecule has 6 nitrogen and oxygen atoms in total. The molecule has 0 fully saturated rings. The summed E-state index contributed by atoms with van der Waals surface area (Å²) in [5.74, 6) is 2.74. The number of aromatic nitrogens is 6. The van der Waals surface area contributed by atoms with Gasteiger partial charge in [-0.25, -0.2) is 15.0 Å². The molecule has 110 valence electrons. The van der Waals surface area contributed by atoms with E-state index >= 15 is 0 Å². The number of hydrogen-bond donors (Lipinski definition) is 1. The lowest BCUT2D eigenvalue weighted by Gasteiger charge is -2.06. The zero-order valence-electron chi connectivity index (χ0n) is 12.3. The van der Waals surface area contributed by atoms with Crippen LogP contribution in [0.1, 0.15) is 5.82 Å². The van der Waals surface area contributed by atoms with E-state index in [0.29, 0.717) is 0 Å². The maximum Gasteiger partial charge on any atom is 0.176 e. The molecule has 22 heavy (non-hydrogen) atoms. The molecule has 0 amide bonds. The quantitative estimate of drug-likeness (QED) is 0.628. The van der Waals surface area contributed by atoms with Crippen molar-refractivity contribution in [1.82, 2.24) is 29.1 Å². The van der Waals surface area contributed by atoms with E-state index in [-0.39, 0.29) is 0 Å². The molecule has 3 aromatic heterocycles. The number of fused-ring (bicyclic) bond motifs is 1. The minimum absolute atomic E-state index is 0.808. The first-order chi connectivity index (χ1) is 10.8. The van der Waals surface area contributed by atoms with Crippen LogP contribution in [0.3, 0.4) is 0 Å². The summed E-state index contributed by atoms with van der Waals surface area (Å²) in [7, 11) is 1.97. The molecule has 1 N–H and O–H groups in total. The van der Waals surface area contributed by atoms with Gasteiger partial charge in [-0.05, 0) is 12.1 Å². The minimum atomic E-state index is 0.808. The highest BCUT2D eigenvalue weighted by Crippen LogP contribution is 2.16. The topological polar surface area (TPSA) is 64.3 Å². The normalized spacial score (nSPS) is 11.3. The second kappa shape index (κ2) is 5.14. The highest BCUT2D eigenvalue weighted by molar-refractivity contribution is 5.74. The van der Waals surface area contributed by atoms with E-state index in [2.05, 4.69) is 24.5 Å². The molecule has 1 aromatic carbocycles. The molecule has 4 aromatic rings. The molecule has 0 aliphatic carbocycles. The number of H-pyrrole nitrogens is 1. The molecule has 0 saturated carbocycles. The average molecular weight is 292 g/mol. The molecule has 4 rings (SSSR count). The number of para-hydroxylation sites is 2. The van der Waals surface area contributed by atoms with E-state index in [0.717, 1.165) is 41.5 Å². The van der Waals surface area contributed by atoms with Gasteiger partial charge in [0.2, 0.25) is 0 Å². The fourth-order valence-corrected chi connectivity index (χ4v) is 2.63. The Morgan fingerprint density at radius 1 is 1.05 bits per heavy atom. The maximum absolute atomic E-state index is 4.61. The van der Waals surface area contributed by atoms with Gasteiger partial charge in [-0.1, -0.05) is 12.1 Å². The van der Waals surface area contributed by atoms with E-state index in [1.54, 1.807) is 6.20 Å². The minimum Gasteiger partial charge on any atom is -0.342 e. The summed E-state index contributed by atoms with van der Waals surface area (Å²) in [5.41, 5.74) is 2.08. The van der Waals surface area contributed by atoms with Crippen LogP contribution < -0.4 is 0 Å². The van der Waals surface area contributed by atoms with Crippen molar-refractivity contribution < 1.29 is 0 Å². The number of hydrogen-bond acceptors (Lipinski definition) is 3. The lowest BCUT2D eigenvalue weighted by atomic mass is 10.3. The summed E-state index contributed by atoms with van der Waals surface area (Å²) < 4.78 is 4.08. The fraction of sp³-hybridized carbons (Fsp3) is 0.188. The predicted molar refractivity (Wildman–Crippen MR) is 84.2 cm³/mol. The molecule has 0 aliphatic heterocycles. The maximum atomic E-state index is 4.61. The van der Waals surface area contributed by atoms with Crippen LogP contribution in [0.5, 0.6) is 0 Å². The number of nitrogens with one attached hydrogen (secondary N) is 1. The Hall–Kier alpha value is -2.89. The van der Waals surface area contributed by atoms with Crippen LogP contribution in [-0.2, 0) is 20.0 Å². The van der Waals surface area contributed by atoms with Gasteiger partial charge in [0, 0.05) is 44.8 Å². The van der Waals surface area contributed by atoms with Gasteiger partial charge < -0.3 is 14.1 Å². The smallest absolute Gasteiger partial charge is 0.176 e. The Balaban J connectivity index is 1.57. The monoisotopic (exact) mass is 292 g/mol. The third kappa shape index (κ3) is 2.18. The second-order valence-corrected chi connectivity index (χ2v) is 5.26. The van der Waals surface area contributed by atoms with Gasteiger partial charge in [-0.2, -0.15) is 0 Å². The van der Waals surface area contributed by atoms with Gasteiger partial charge in [0.15, 0.2) is 11.6 Å². The van der Waals surface area contributed by atoms with Crippen molar-refractivity contribution in [2.45, 2.75) is 13.0 Å². The molecule has 0 spiro atoms. The molecule has 0 saturated heterocycles. The van der Waals surface area contributed by atoms with Crippen molar-refractivity contribution in [2.75, 3.05) is 0 Å². The predicted octanol–water partition coefficient (Wildman–Crippen LogP) is 2.40. The molecule has 0 aliphatic rings. The van der Waals surface area contributed by atoms with Gasteiger partial charge in [-0.15, -0.1) is 0 Å². The SMILES string of the molecule is Cn1ccnc1-c1nccn1CCc1nc2ccccc2[nH]1. The second-order valence-electron chi connectivity index (χ2n) is 5.26. The largest absolute Gasteiger partial charge is 0.342 e. The Morgan fingerprint density at radius 3 is 2.68 bits per heavy atom.